The zero-order valence-electron chi connectivity index (χ0n) is 15.8. The van der Waals surface area contributed by atoms with Gasteiger partial charge in [-0.05, 0) is 34.1 Å². The van der Waals surface area contributed by atoms with Gasteiger partial charge in [0.15, 0.2) is 6.61 Å². The van der Waals surface area contributed by atoms with Crippen LogP contribution in [0.4, 0.5) is 0 Å². The molecule has 29 heavy (non-hydrogen) atoms. The van der Waals surface area contributed by atoms with Crippen molar-refractivity contribution in [3.05, 3.63) is 28.2 Å². The van der Waals surface area contributed by atoms with Crippen molar-refractivity contribution < 1.29 is 27.6 Å². The van der Waals surface area contributed by atoms with Gasteiger partial charge in [0.05, 0.1) is 42.5 Å². The molecular formula is C17H19BrN4O6S. The maximum Gasteiger partial charge on any atom is 0.339 e. The van der Waals surface area contributed by atoms with Crippen molar-refractivity contribution in [2.75, 3.05) is 33.9 Å². The summed E-state index contributed by atoms with van der Waals surface area (Å²) < 4.78 is 30.6. The summed E-state index contributed by atoms with van der Waals surface area (Å²) in [5, 5.41) is 17.3. The quantitative estimate of drug-likeness (QED) is 0.357. The zero-order chi connectivity index (χ0) is 22.0. The maximum atomic E-state index is 12.4. The van der Waals surface area contributed by atoms with E-state index < -0.39 is 28.5 Å². The second-order valence-electron chi connectivity index (χ2n) is 5.51. The molecule has 10 nitrogen and oxygen atoms in total. The topological polar surface area (TPSA) is 141 Å². The third-order valence-corrected chi connectivity index (χ3v) is 6.08. The Kier molecular flexibility index (Phi) is 9.71. The molecule has 0 radical (unpaired) electrons. The van der Waals surface area contributed by atoms with Gasteiger partial charge in [-0.3, -0.25) is 9.63 Å². The maximum absolute atomic E-state index is 12.4. The largest absolute Gasteiger partial charge is 0.452 e. The minimum absolute atomic E-state index is 0.0730. The average molecular weight is 487 g/mol. The highest BCUT2D eigenvalue weighted by Gasteiger charge is 2.24. The molecule has 1 rings (SSSR count). The molecule has 0 spiro atoms. The van der Waals surface area contributed by atoms with Crippen LogP contribution in [0.1, 0.15) is 23.2 Å². The Morgan fingerprint density at radius 3 is 2.28 bits per heavy atom. The molecule has 0 heterocycles. The van der Waals surface area contributed by atoms with Crippen LogP contribution in [-0.2, 0) is 24.4 Å². The number of nitriles is 2. The Morgan fingerprint density at radius 2 is 1.76 bits per heavy atom. The zero-order valence-corrected chi connectivity index (χ0v) is 18.2. The van der Waals surface area contributed by atoms with Crippen molar-refractivity contribution in [2.45, 2.75) is 17.7 Å². The van der Waals surface area contributed by atoms with Gasteiger partial charge in [-0.1, -0.05) is 4.47 Å². The number of hydrogen-bond donors (Lipinski definition) is 0. The molecule has 0 saturated heterocycles. The van der Waals surface area contributed by atoms with E-state index in [9.17, 15) is 18.0 Å². The highest BCUT2D eigenvalue weighted by Crippen LogP contribution is 2.23. The van der Waals surface area contributed by atoms with E-state index in [4.69, 9.17) is 20.1 Å². The van der Waals surface area contributed by atoms with Crippen LogP contribution in [0.2, 0.25) is 0 Å². The number of esters is 1. The van der Waals surface area contributed by atoms with Crippen molar-refractivity contribution in [1.82, 2.24) is 9.37 Å². The Balaban J connectivity index is 2.94. The standard InChI is InChI=1S/C17H19BrN4O6S/c1-21(27-2)29(25,26)13-5-6-15(18)14(11-13)17(24)28-12-16(23)22(9-3-7-19)10-4-8-20/h5-6,11H,3-4,9-10,12H2,1-2H3. The minimum atomic E-state index is -3.98. The molecule has 0 bridgehead atoms. The smallest absolute Gasteiger partial charge is 0.339 e. The van der Waals surface area contributed by atoms with Crippen LogP contribution in [0.5, 0.6) is 0 Å². The van der Waals surface area contributed by atoms with Gasteiger partial charge in [0.1, 0.15) is 0 Å². The van der Waals surface area contributed by atoms with Crippen LogP contribution < -0.4 is 0 Å². The number of carbonyl (C=O) groups is 2. The van der Waals surface area contributed by atoms with Crippen LogP contribution in [-0.4, -0.2) is 63.5 Å². The van der Waals surface area contributed by atoms with E-state index in [-0.39, 0.29) is 40.9 Å². The number of carbonyl (C=O) groups excluding carboxylic acids is 2. The Labute approximate surface area is 177 Å². The average Bonchev–Trinajstić information content (AvgIpc) is 2.71. The number of sulfonamides is 1. The molecule has 0 N–H and O–H groups in total. The number of hydrogen-bond acceptors (Lipinski definition) is 8. The lowest BCUT2D eigenvalue weighted by Crippen LogP contribution is -2.36. The third-order valence-electron chi connectivity index (χ3n) is 3.72. The summed E-state index contributed by atoms with van der Waals surface area (Å²) in [6.45, 7) is -0.401. The fourth-order valence-corrected chi connectivity index (χ4v) is 3.50. The molecule has 12 heteroatoms. The molecule has 0 aromatic heterocycles. The van der Waals surface area contributed by atoms with Crippen molar-refractivity contribution in [3.63, 3.8) is 0 Å². The molecule has 0 aliphatic heterocycles. The van der Waals surface area contributed by atoms with E-state index in [2.05, 4.69) is 15.9 Å². The summed E-state index contributed by atoms with van der Waals surface area (Å²) in [6.07, 6.45) is 0.146. The van der Waals surface area contributed by atoms with Crippen molar-refractivity contribution in [3.8, 4) is 12.1 Å². The fraction of sp³-hybridized carbons (Fsp3) is 0.412. The van der Waals surface area contributed by atoms with Crippen molar-refractivity contribution >= 4 is 37.8 Å². The number of ether oxygens (including phenoxy) is 1. The van der Waals surface area contributed by atoms with Crippen LogP contribution in [0.3, 0.4) is 0 Å². The van der Waals surface area contributed by atoms with E-state index in [0.29, 0.717) is 4.47 Å². The van der Waals surface area contributed by atoms with Gasteiger partial charge < -0.3 is 9.64 Å². The van der Waals surface area contributed by atoms with E-state index in [1.54, 1.807) is 0 Å². The predicted molar refractivity (Wildman–Crippen MR) is 103 cm³/mol. The lowest BCUT2D eigenvalue weighted by atomic mass is 10.2. The first-order valence-corrected chi connectivity index (χ1v) is 10.4. The first-order valence-electron chi connectivity index (χ1n) is 8.20. The molecule has 0 atom stereocenters. The SMILES string of the molecule is CON(C)S(=O)(=O)c1ccc(Br)c(C(=O)OCC(=O)N(CCC#N)CCC#N)c1. The van der Waals surface area contributed by atoms with E-state index in [1.807, 2.05) is 12.1 Å². The lowest BCUT2D eigenvalue weighted by molar-refractivity contribution is -0.134. The second-order valence-corrected chi connectivity index (χ2v) is 8.30. The first-order chi connectivity index (χ1) is 13.7. The molecular weight excluding hydrogens is 468 g/mol. The number of hydroxylamine groups is 1. The second kappa shape index (κ2) is 11.5. The Hall–Kier alpha value is -2.51. The molecule has 0 saturated carbocycles. The fourth-order valence-electron chi connectivity index (χ4n) is 2.10. The molecule has 0 unspecified atom stereocenters. The molecule has 0 fully saturated rings. The van der Waals surface area contributed by atoms with Crippen LogP contribution in [0.25, 0.3) is 0 Å². The normalized spacial score (nSPS) is 10.8. The Bertz CT molecular complexity index is 920. The van der Waals surface area contributed by atoms with Crippen molar-refractivity contribution in [1.29, 1.82) is 10.5 Å². The molecule has 0 aliphatic rings. The van der Waals surface area contributed by atoms with Crippen molar-refractivity contribution in [2.24, 2.45) is 0 Å². The van der Waals surface area contributed by atoms with Gasteiger partial charge in [0.2, 0.25) is 0 Å². The summed E-state index contributed by atoms with van der Waals surface area (Å²) in [6, 6.07) is 7.54. The van der Waals surface area contributed by atoms with Crippen LogP contribution in [0.15, 0.2) is 27.6 Å². The van der Waals surface area contributed by atoms with Crippen LogP contribution >= 0.6 is 15.9 Å². The number of benzene rings is 1. The molecule has 1 aromatic rings. The third kappa shape index (κ3) is 6.80. The summed E-state index contributed by atoms with van der Waals surface area (Å²) in [5.41, 5.74) is -0.0935. The summed E-state index contributed by atoms with van der Waals surface area (Å²) in [5.74, 6) is -1.48. The Morgan fingerprint density at radius 1 is 1.17 bits per heavy atom. The van der Waals surface area contributed by atoms with E-state index in [0.717, 1.165) is 6.07 Å². The minimum Gasteiger partial charge on any atom is -0.452 e. The molecule has 1 aromatic carbocycles. The summed E-state index contributed by atoms with van der Waals surface area (Å²) in [7, 11) is -1.60. The van der Waals surface area contributed by atoms with E-state index in [1.165, 1.54) is 31.2 Å². The number of nitrogens with zero attached hydrogens (tertiary/aromatic N) is 4. The highest BCUT2D eigenvalue weighted by molar-refractivity contribution is 9.10. The monoisotopic (exact) mass is 486 g/mol. The molecule has 0 aliphatic carbocycles. The number of halogens is 1. The van der Waals surface area contributed by atoms with E-state index >= 15 is 0 Å². The van der Waals surface area contributed by atoms with Gasteiger partial charge in [-0.2, -0.15) is 10.5 Å². The van der Waals surface area contributed by atoms with Gasteiger partial charge in [0.25, 0.3) is 15.9 Å². The summed E-state index contributed by atoms with van der Waals surface area (Å²) >= 11 is 3.15. The predicted octanol–water partition coefficient (Wildman–Crippen LogP) is 1.44. The highest BCUT2D eigenvalue weighted by atomic mass is 79.9. The first kappa shape index (κ1) is 24.5. The van der Waals surface area contributed by atoms with Gasteiger partial charge in [-0.25, -0.2) is 13.2 Å². The molecule has 1 amide bonds. The van der Waals surface area contributed by atoms with Gasteiger partial charge in [-0.15, -0.1) is 0 Å². The van der Waals surface area contributed by atoms with Gasteiger partial charge in [0, 0.05) is 24.6 Å². The van der Waals surface area contributed by atoms with Gasteiger partial charge >= 0.3 is 5.97 Å². The number of rotatable bonds is 10. The number of amides is 1. The molecule has 156 valence electrons. The summed E-state index contributed by atoms with van der Waals surface area (Å²) in [4.78, 5) is 30.3. The lowest BCUT2D eigenvalue weighted by Gasteiger charge is -2.20. The van der Waals surface area contributed by atoms with Crippen LogP contribution in [0, 0.1) is 22.7 Å².